The maximum Gasteiger partial charge on any atom is 0.164 e. The van der Waals surface area contributed by atoms with Crippen molar-refractivity contribution in [3.05, 3.63) is 151 Å². The van der Waals surface area contributed by atoms with E-state index < -0.39 is 0 Å². The summed E-state index contributed by atoms with van der Waals surface area (Å²) < 4.78 is 6.38. The van der Waals surface area contributed by atoms with E-state index in [2.05, 4.69) is 48.5 Å². The second-order valence-electron chi connectivity index (χ2n) is 10.8. The maximum atomic E-state index is 9.76. The van der Waals surface area contributed by atoms with Crippen molar-refractivity contribution in [1.82, 2.24) is 15.0 Å². The molecule has 0 atom stereocenters. The van der Waals surface area contributed by atoms with Crippen LogP contribution < -0.4 is 0 Å². The third-order valence-corrected chi connectivity index (χ3v) is 8.01. The van der Waals surface area contributed by atoms with Gasteiger partial charge in [-0.05, 0) is 41.0 Å². The van der Waals surface area contributed by atoms with E-state index in [1.165, 1.54) is 0 Å². The van der Waals surface area contributed by atoms with Gasteiger partial charge in [0.2, 0.25) is 0 Å². The number of benzene rings is 6. The number of hydrogen-bond donors (Lipinski definition) is 0. The zero-order valence-corrected chi connectivity index (χ0v) is 24.1. The van der Waals surface area contributed by atoms with E-state index in [1.54, 1.807) is 0 Å². The lowest BCUT2D eigenvalue weighted by atomic mass is 9.95. The number of rotatable bonds is 5. The van der Waals surface area contributed by atoms with E-state index in [-0.39, 0.29) is 0 Å². The van der Waals surface area contributed by atoms with E-state index >= 15 is 0 Å². The molecule has 0 aliphatic heterocycles. The molecule has 6 aromatic carbocycles. The standard InChI is InChI=1S/C40H24N4O/c41-25-31-14-7-8-15-32(31)33-16-9-17-35-37(33)34-23-22-30(24-36(34)45-35)40-43-38(28-12-5-2-6-13-28)42-39(44-40)29-20-18-27(19-21-29)26-10-3-1-4-11-26/h1-24H. The van der Waals surface area contributed by atoms with Crippen LogP contribution in [-0.4, -0.2) is 15.0 Å². The summed E-state index contributed by atoms with van der Waals surface area (Å²) in [5.74, 6) is 1.75. The van der Waals surface area contributed by atoms with Crippen LogP contribution in [0.5, 0.6) is 0 Å². The fraction of sp³-hybridized carbons (Fsp3) is 0. The number of fused-ring (bicyclic) bond motifs is 3. The van der Waals surface area contributed by atoms with Crippen molar-refractivity contribution in [1.29, 1.82) is 5.26 Å². The van der Waals surface area contributed by atoms with Crippen LogP contribution in [0.4, 0.5) is 0 Å². The average Bonchev–Trinajstić information content (AvgIpc) is 3.50. The molecule has 0 radical (unpaired) electrons. The van der Waals surface area contributed by atoms with E-state index in [1.807, 2.05) is 103 Å². The Hall–Kier alpha value is -6.38. The van der Waals surface area contributed by atoms with Gasteiger partial charge in [-0.2, -0.15) is 5.26 Å². The second-order valence-corrected chi connectivity index (χ2v) is 10.8. The van der Waals surface area contributed by atoms with Crippen LogP contribution in [0.2, 0.25) is 0 Å². The molecule has 8 rings (SSSR count). The third kappa shape index (κ3) is 4.81. The van der Waals surface area contributed by atoms with Crippen molar-refractivity contribution in [2.75, 3.05) is 0 Å². The Balaban J connectivity index is 1.26. The zero-order chi connectivity index (χ0) is 30.2. The largest absolute Gasteiger partial charge is 0.456 e. The monoisotopic (exact) mass is 576 g/mol. The van der Waals surface area contributed by atoms with E-state index in [4.69, 9.17) is 19.4 Å². The lowest BCUT2D eigenvalue weighted by molar-refractivity contribution is 0.669. The van der Waals surface area contributed by atoms with Crippen molar-refractivity contribution >= 4 is 21.9 Å². The first-order valence-electron chi connectivity index (χ1n) is 14.7. The first-order valence-corrected chi connectivity index (χ1v) is 14.7. The summed E-state index contributed by atoms with van der Waals surface area (Å²) >= 11 is 0. The molecule has 5 nitrogen and oxygen atoms in total. The van der Waals surface area contributed by atoms with Gasteiger partial charge in [-0.1, -0.05) is 121 Å². The van der Waals surface area contributed by atoms with Gasteiger partial charge in [0.1, 0.15) is 11.2 Å². The minimum Gasteiger partial charge on any atom is -0.456 e. The molecule has 5 heteroatoms. The van der Waals surface area contributed by atoms with Gasteiger partial charge in [-0.3, -0.25) is 0 Å². The summed E-state index contributed by atoms with van der Waals surface area (Å²) in [6.07, 6.45) is 0. The quantitative estimate of drug-likeness (QED) is 0.204. The molecule has 2 heterocycles. The molecule has 0 saturated heterocycles. The highest BCUT2D eigenvalue weighted by Crippen LogP contribution is 2.39. The lowest BCUT2D eigenvalue weighted by Crippen LogP contribution is -2.00. The van der Waals surface area contributed by atoms with Crippen LogP contribution in [0.1, 0.15) is 5.56 Å². The minimum atomic E-state index is 0.559. The van der Waals surface area contributed by atoms with Gasteiger partial charge in [-0.15, -0.1) is 0 Å². The van der Waals surface area contributed by atoms with Crippen LogP contribution in [-0.2, 0) is 0 Å². The van der Waals surface area contributed by atoms with E-state index in [0.717, 1.165) is 60.9 Å². The fourth-order valence-electron chi connectivity index (χ4n) is 5.80. The molecule has 0 fully saturated rings. The minimum absolute atomic E-state index is 0.559. The Morgan fingerprint density at radius 1 is 0.444 bits per heavy atom. The van der Waals surface area contributed by atoms with Crippen molar-refractivity contribution < 1.29 is 4.42 Å². The topological polar surface area (TPSA) is 75.6 Å². The van der Waals surface area contributed by atoms with Crippen LogP contribution in [0.25, 0.3) is 78.4 Å². The van der Waals surface area contributed by atoms with Gasteiger partial charge in [-0.25, -0.2) is 15.0 Å². The molecular formula is C40H24N4O. The van der Waals surface area contributed by atoms with Gasteiger partial charge >= 0.3 is 0 Å². The summed E-state index contributed by atoms with van der Waals surface area (Å²) in [6, 6.07) is 50.5. The zero-order valence-electron chi connectivity index (χ0n) is 24.1. The van der Waals surface area contributed by atoms with Crippen LogP contribution in [0, 0.1) is 11.3 Å². The van der Waals surface area contributed by atoms with Gasteiger partial charge < -0.3 is 4.42 Å². The predicted octanol–water partition coefficient (Wildman–Crippen LogP) is 9.98. The number of nitrogens with zero attached hydrogens (tertiary/aromatic N) is 4. The number of furan rings is 1. The molecule has 45 heavy (non-hydrogen) atoms. The van der Waals surface area contributed by atoms with Crippen LogP contribution in [0.15, 0.2) is 150 Å². The highest BCUT2D eigenvalue weighted by molar-refractivity contribution is 6.13. The SMILES string of the molecule is N#Cc1ccccc1-c1cccc2oc3cc(-c4nc(-c5ccccc5)nc(-c5ccc(-c6ccccc6)cc5)n4)ccc3c12. The number of aromatic nitrogens is 3. The van der Waals surface area contributed by atoms with Gasteiger partial charge in [0.05, 0.1) is 11.6 Å². The smallest absolute Gasteiger partial charge is 0.164 e. The van der Waals surface area contributed by atoms with E-state index in [0.29, 0.717) is 23.0 Å². The Labute approximate surface area is 259 Å². The van der Waals surface area contributed by atoms with Gasteiger partial charge in [0.25, 0.3) is 0 Å². The molecule has 8 aromatic rings. The Kier molecular flexibility index (Phi) is 6.44. The average molecular weight is 577 g/mol. The summed E-state index contributed by atoms with van der Waals surface area (Å²) in [5, 5.41) is 11.7. The molecule has 0 saturated carbocycles. The lowest BCUT2D eigenvalue weighted by Gasteiger charge is -2.09. The Morgan fingerprint density at radius 3 is 1.69 bits per heavy atom. The second kappa shape index (κ2) is 11.0. The number of hydrogen-bond acceptors (Lipinski definition) is 5. The summed E-state index contributed by atoms with van der Waals surface area (Å²) in [7, 11) is 0. The Bertz CT molecular complexity index is 2370. The van der Waals surface area contributed by atoms with Gasteiger partial charge in [0.15, 0.2) is 17.5 Å². The summed E-state index contributed by atoms with van der Waals surface area (Å²) in [4.78, 5) is 14.8. The van der Waals surface area contributed by atoms with Crippen molar-refractivity contribution in [3.8, 4) is 62.5 Å². The predicted molar refractivity (Wildman–Crippen MR) is 179 cm³/mol. The first-order chi connectivity index (χ1) is 22.2. The number of nitriles is 1. The molecule has 0 spiro atoms. The highest BCUT2D eigenvalue weighted by Gasteiger charge is 2.17. The van der Waals surface area contributed by atoms with Crippen LogP contribution >= 0.6 is 0 Å². The van der Waals surface area contributed by atoms with Crippen molar-refractivity contribution in [2.24, 2.45) is 0 Å². The maximum absolute atomic E-state index is 9.76. The van der Waals surface area contributed by atoms with Crippen LogP contribution in [0.3, 0.4) is 0 Å². The van der Waals surface area contributed by atoms with Crippen molar-refractivity contribution in [2.45, 2.75) is 0 Å². The molecule has 0 aliphatic carbocycles. The molecule has 0 unspecified atom stereocenters. The van der Waals surface area contributed by atoms with Gasteiger partial charge in [0, 0.05) is 33.0 Å². The molecule has 0 N–H and O–H groups in total. The highest BCUT2D eigenvalue weighted by atomic mass is 16.3. The summed E-state index contributed by atoms with van der Waals surface area (Å²) in [6.45, 7) is 0. The molecule has 210 valence electrons. The molecule has 0 bridgehead atoms. The fourth-order valence-corrected chi connectivity index (χ4v) is 5.80. The Morgan fingerprint density at radius 2 is 0.978 bits per heavy atom. The molecular weight excluding hydrogens is 552 g/mol. The first kappa shape index (κ1) is 26.3. The molecule has 0 amide bonds. The normalized spacial score (nSPS) is 11.1. The summed E-state index contributed by atoms with van der Waals surface area (Å²) in [5.41, 5.74) is 8.87. The molecule has 2 aromatic heterocycles. The molecule has 0 aliphatic rings. The van der Waals surface area contributed by atoms with Crippen molar-refractivity contribution in [3.63, 3.8) is 0 Å². The third-order valence-electron chi connectivity index (χ3n) is 8.01. The van der Waals surface area contributed by atoms with E-state index in [9.17, 15) is 5.26 Å².